The summed E-state index contributed by atoms with van der Waals surface area (Å²) in [5.41, 5.74) is 8.50. The van der Waals surface area contributed by atoms with Crippen molar-refractivity contribution in [1.82, 2.24) is 0 Å². The van der Waals surface area contributed by atoms with Crippen LogP contribution in [0, 0.1) is 12.8 Å². The van der Waals surface area contributed by atoms with Crippen LogP contribution in [0.15, 0.2) is 24.3 Å². The van der Waals surface area contributed by atoms with Crippen LogP contribution in [0.1, 0.15) is 36.8 Å². The van der Waals surface area contributed by atoms with Gasteiger partial charge in [0.15, 0.2) is 0 Å². The van der Waals surface area contributed by atoms with E-state index in [4.69, 9.17) is 5.73 Å². The number of rotatable bonds is 5. The number of hydrogen-bond donors (Lipinski definition) is 1. The molecule has 3 atom stereocenters. The third kappa shape index (κ3) is 3.66. The summed E-state index contributed by atoms with van der Waals surface area (Å²) in [6.45, 7) is 2.08. The number of hydrogen-bond acceptors (Lipinski definition) is 2. The quantitative estimate of drug-likeness (QED) is 0.889. The molecule has 2 rings (SSSR count). The van der Waals surface area contributed by atoms with Gasteiger partial charge in [-0.25, -0.2) is 0 Å². The molecule has 18 heavy (non-hydrogen) atoms. The molecule has 0 amide bonds. The zero-order chi connectivity index (χ0) is 13.0. The molecule has 2 N–H and O–H groups in total. The molecule has 3 unspecified atom stereocenters. The van der Waals surface area contributed by atoms with Crippen LogP contribution in [0.2, 0.25) is 0 Å². The Hall–Kier alpha value is -0.670. The van der Waals surface area contributed by atoms with E-state index in [1.165, 1.54) is 24.0 Å². The van der Waals surface area contributed by atoms with E-state index >= 15 is 0 Å². The molecule has 2 nitrogen and oxygen atoms in total. The molecule has 0 bridgehead atoms. The second-order valence-corrected chi connectivity index (χ2v) is 6.93. The van der Waals surface area contributed by atoms with E-state index in [1.54, 1.807) is 0 Å². The second-order valence-electron chi connectivity index (χ2n) is 5.36. The molecule has 1 aromatic rings. The van der Waals surface area contributed by atoms with Crippen molar-refractivity contribution in [1.29, 1.82) is 0 Å². The molecular formula is C15H23NOS. The molecule has 1 fully saturated rings. The van der Waals surface area contributed by atoms with E-state index in [-0.39, 0.29) is 0 Å². The lowest BCUT2D eigenvalue weighted by Crippen LogP contribution is -2.25. The molecule has 0 radical (unpaired) electrons. The second kappa shape index (κ2) is 6.48. The maximum atomic E-state index is 12.1. The third-order valence-corrected chi connectivity index (χ3v) is 5.34. The minimum absolute atomic E-state index is 0.348. The van der Waals surface area contributed by atoms with Gasteiger partial charge in [-0.2, -0.15) is 0 Å². The van der Waals surface area contributed by atoms with Crippen LogP contribution < -0.4 is 5.73 Å². The largest absolute Gasteiger partial charge is 0.327 e. The van der Waals surface area contributed by atoms with Gasteiger partial charge >= 0.3 is 0 Å². The van der Waals surface area contributed by atoms with Crippen molar-refractivity contribution in [2.45, 2.75) is 44.4 Å². The van der Waals surface area contributed by atoms with Crippen molar-refractivity contribution in [3.8, 4) is 0 Å². The Morgan fingerprint density at radius 3 is 2.78 bits per heavy atom. The van der Waals surface area contributed by atoms with Crippen molar-refractivity contribution in [3.63, 3.8) is 0 Å². The van der Waals surface area contributed by atoms with E-state index in [0.717, 1.165) is 18.6 Å². The summed E-state index contributed by atoms with van der Waals surface area (Å²) in [7, 11) is -0.748. The summed E-state index contributed by atoms with van der Waals surface area (Å²) in [4.78, 5) is 0. The highest BCUT2D eigenvalue weighted by atomic mass is 32.2. The Morgan fingerprint density at radius 1 is 1.33 bits per heavy atom. The molecule has 0 aromatic heterocycles. The molecule has 3 heteroatoms. The monoisotopic (exact) mass is 265 g/mol. The van der Waals surface area contributed by atoms with E-state index in [0.29, 0.717) is 17.7 Å². The fourth-order valence-corrected chi connectivity index (χ4v) is 4.11. The SMILES string of the molecule is Cc1ccccc1CS(=O)CCC1CCCC1N. The van der Waals surface area contributed by atoms with E-state index < -0.39 is 10.8 Å². The fourth-order valence-electron chi connectivity index (χ4n) is 2.72. The van der Waals surface area contributed by atoms with Crippen molar-refractivity contribution in [2.75, 3.05) is 5.75 Å². The number of nitrogens with two attached hydrogens (primary N) is 1. The summed E-state index contributed by atoms with van der Waals surface area (Å²) in [5, 5.41) is 0. The molecule has 1 aliphatic rings. The fraction of sp³-hybridized carbons (Fsp3) is 0.600. The number of aryl methyl sites for hydroxylation is 1. The van der Waals surface area contributed by atoms with Crippen LogP contribution in [0.5, 0.6) is 0 Å². The van der Waals surface area contributed by atoms with Gasteiger partial charge in [0.2, 0.25) is 0 Å². The van der Waals surface area contributed by atoms with Crippen molar-refractivity contribution in [3.05, 3.63) is 35.4 Å². The summed E-state index contributed by atoms with van der Waals surface area (Å²) in [6, 6.07) is 8.56. The lowest BCUT2D eigenvalue weighted by Gasteiger charge is -2.14. The van der Waals surface area contributed by atoms with Crippen LogP contribution in [-0.4, -0.2) is 16.0 Å². The zero-order valence-electron chi connectivity index (χ0n) is 11.1. The maximum Gasteiger partial charge on any atom is 0.0488 e. The summed E-state index contributed by atoms with van der Waals surface area (Å²) in [6.07, 6.45) is 4.65. The summed E-state index contributed by atoms with van der Waals surface area (Å²) < 4.78 is 12.1. The first-order valence-corrected chi connectivity index (χ1v) is 8.30. The highest BCUT2D eigenvalue weighted by Crippen LogP contribution is 2.27. The normalized spacial score (nSPS) is 25.2. The van der Waals surface area contributed by atoms with Crippen LogP contribution in [0.4, 0.5) is 0 Å². The van der Waals surface area contributed by atoms with Gasteiger partial charge in [-0.3, -0.25) is 4.21 Å². The first-order chi connectivity index (χ1) is 8.66. The molecule has 0 heterocycles. The van der Waals surface area contributed by atoms with E-state index in [1.807, 2.05) is 12.1 Å². The molecule has 1 aromatic carbocycles. The maximum absolute atomic E-state index is 12.1. The number of benzene rings is 1. The van der Waals surface area contributed by atoms with Gasteiger partial charge in [0.1, 0.15) is 0 Å². The van der Waals surface area contributed by atoms with Gasteiger partial charge in [0, 0.05) is 28.3 Å². The third-order valence-electron chi connectivity index (χ3n) is 4.01. The van der Waals surface area contributed by atoms with Crippen LogP contribution in [0.3, 0.4) is 0 Å². The highest BCUT2D eigenvalue weighted by molar-refractivity contribution is 7.84. The van der Waals surface area contributed by atoms with Gasteiger partial charge in [0.05, 0.1) is 0 Å². The average molecular weight is 265 g/mol. The van der Waals surface area contributed by atoms with Crippen LogP contribution in [0.25, 0.3) is 0 Å². The Kier molecular flexibility index (Phi) is 4.95. The van der Waals surface area contributed by atoms with Gasteiger partial charge in [-0.1, -0.05) is 30.7 Å². The Morgan fingerprint density at radius 2 is 2.11 bits per heavy atom. The lowest BCUT2D eigenvalue weighted by molar-refractivity contribution is 0.468. The first-order valence-electron chi connectivity index (χ1n) is 6.82. The topological polar surface area (TPSA) is 43.1 Å². The van der Waals surface area contributed by atoms with Crippen molar-refractivity contribution in [2.24, 2.45) is 11.7 Å². The minimum Gasteiger partial charge on any atom is -0.327 e. The predicted molar refractivity (Wildman–Crippen MR) is 77.8 cm³/mol. The molecule has 100 valence electrons. The molecule has 0 saturated heterocycles. The van der Waals surface area contributed by atoms with Gasteiger partial charge in [-0.05, 0) is 43.2 Å². The predicted octanol–water partition coefficient (Wildman–Crippen LogP) is 2.76. The zero-order valence-corrected chi connectivity index (χ0v) is 11.9. The van der Waals surface area contributed by atoms with Gasteiger partial charge in [-0.15, -0.1) is 0 Å². The van der Waals surface area contributed by atoms with Crippen molar-refractivity contribution >= 4 is 10.8 Å². The minimum atomic E-state index is -0.748. The highest BCUT2D eigenvalue weighted by Gasteiger charge is 2.23. The molecular weight excluding hydrogens is 242 g/mol. The Balaban J connectivity index is 1.80. The molecule has 0 spiro atoms. The lowest BCUT2D eigenvalue weighted by atomic mass is 10.0. The standard InChI is InChI=1S/C15H23NOS/c1-12-5-2-3-6-14(12)11-18(17)10-9-13-7-4-8-15(13)16/h2-3,5-6,13,15H,4,7-11,16H2,1H3. The van der Waals surface area contributed by atoms with E-state index in [2.05, 4.69) is 19.1 Å². The average Bonchev–Trinajstić information content (AvgIpc) is 2.75. The van der Waals surface area contributed by atoms with Crippen LogP contribution in [-0.2, 0) is 16.6 Å². The van der Waals surface area contributed by atoms with Gasteiger partial charge in [0.25, 0.3) is 0 Å². The molecule has 0 aliphatic heterocycles. The van der Waals surface area contributed by atoms with Gasteiger partial charge < -0.3 is 5.73 Å². The van der Waals surface area contributed by atoms with E-state index in [9.17, 15) is 4.21 Å². The van der Waals surface area contributed by atoms with Crippen molar-refractivity contribution < 1.29 is 4.21 Å². The Bertz CT molecular complexity index is 419. The Labute approximate surface area is 112 Å². The molecule has 1 aliphatic carbocycles. The summed E-state index contributed by atoms with van der Waals surface area (Å²) >= 11 is 0. The van der Waals surface area contributed by atoms with Crippen LogP contribution >= 0.6 is 0 Å². The summed E-state index contributed by atoms with van der Waals surface area (Å²) in [5.74, 6) is 2.09. The smallest absolute Gasteiger partial charge is 0.0488 e. The first kappa shape index (κ1) is 13.8. The molecule has 1 saturated carbocycles.